The second-order valence-electron chi connectivity index (χ2n) is 8.07. The number of pyridine rings is 2. The standard InChI is InChI=1S/C23H29N5OS/c1-16-9-10-25-22(11-16)28-21-4-2-3-19(27-21)20-13-26-23(30-20)14-24-12-17-5-7-18(15-29)8-6-17/h2-4,9-11,13,17-18,24,29H,5-8,12,14-15H2,1H3,(H,25,27,28)/t17-,18-. The summed E-state index contributed by atoms with van der Waals surface area (Å²) in [5.41, 5.74) is 2.07. The molecule has 158 valence electrons. The molecule has 1 aliphatic rings. The lowest BCUT2D eigenvalue weighted by atomic mass is 9.82. The second kappa shape index (κ2) is 10.1. The number of aliphatic hydroxyl groups is 1. The van der Waals surface area contributed by atoms with Gasteiger partial charge in [-0.3, -0.25) is 0 Å². The first-order valence-electron chi connectivity index (χ1n) is 10.6. The molecule has 1 aliphatic carbocycles. The molecule has 1 fully saturated rings. The normalized spacial score (nSPS) is 19.0. The zero-order valence-corrected chi connectivity index (χ0v) is 18.2. The number of hydrogen-bond donors (Lipinski definition) is 3. The molecule has 0 saturated heterocycles. The lowest BCUT2D eigenvalue weighted by molar-refractivity contribution is 0.166. The quantitative estimate of drug-likeness (QED) is 0.493. The van der Waals surface area contributed by atoms with E-state index in [4.69, 9.17) is 4.98 Å². The lowest BCUT2D eigenvalue weighted by Gasteiger charge is -2.27. The molecular weight excluding hydrogens is 394 g/mol. The van der Waals surface area contributed by atoms with E-state index < -0.39 is 0 Å². The summed E-state index contributed by atoms with van der Waals surface area (Å²) in [6.45, 7) is 4.20. The molecule has 0 bridgehead atoms. The molecule has 0 amide bonds. The number of anilines is 2. The van der Waals surface area contributed by atoms with Crippen molar-refractivity contribution in [1.82, 2.24) is 20.3 Å². The van der Waals surface area contributed by atoms with E-state index >= 15 is 0 Å². The summed E-state index contributed by atoms with van der Waals surface area (Å²) in [5.74, 6) is 2.80. The molecule has 4 rings (SSSR count). The maximum absolute atomic E-state index is 9.27. The molecule has 30 heavy (non-hydrogen) atoms. The predicted molar refractivity (Wildman–Crippen MR) is 122 cm³/mol. The van der Waals surface area contributed by atoms with E-state index in [-0.39, 0.29) is 0 Å². The fourth-order valence-electron chi connectivity index (χ4n) is 3.89. The van der Waals surface area contributed by atoms with Crippen molar-refractivity contribution in [3.63, 3.8) is 0 Å². The van der Waals surface area contributed by atoms with Crippen LogP contribution in [-0.2, 0) is 6.54 Å². The summed E-state index contributed by atoms with van der Waals surface area (Å²) in [7, 11) is 0. The average molecular weight is 424 g/mol. The minimum atomic E-state index is 0.342. The van der Waals surface area contributed by atoms with Gasteiger partial charge in [-0.05, 0) is 80.8 Å². The van der Waals surface area contributed by atoms with E-state index in [2.05, 4.69) is 20.6 Å². The van der Waals surface area contributed by atoms with Gasteiger partial charge in [0.2, 0.25) is 0 Å². The predicted octanol–water partition coefficient (Wildman–Crippen LogP) is 4.54. The third-order valence-electron chi connectivity index (χ3n) is 5.66. The fourth-order valence-corrected chi connectivity index (χ4v) is 4.75. The van der Waals surface area contributed by atoms with Gasteiger partial charge in [0, 0.05) is 25.5 Å². The highest BCUT2D eigenvalue weighted by Gasteiger charge is 2.20. The Labute approximate surface area is 181 Å². The van der Waals surface area contributed by atoms with E-state index in [1.165, 1.54) is 12.8 Å². The van der Waals surface area contributed by atoms with E-state index in [0.29, 0.717) is 18.4 Å². The average Bonchev–Trinajstić information content (AvgIpc) is 3.23. The molecule has 0 unspecified atom stereocenters. The minimum Gasteiger partial charge on any atom is -0.396 e. The molecule has 0 atom stereocenters. The molecule has 3 aromatic heterocycles. The van der Waals surface area contributed by atoms with Crippen LogP contribution in [0.3, 0.4) is 0 Å². The van der Waals surface area contributed by atoms with Crippen molar-refractivity contribution in [2.75, 3.05) is 18.5 Å². The number of rotatable bonds is 8. The SMILES string of the molecule is Cc1ccnc(Nc2cccc(-c3cnc(CNC[C@H]4CC[C@H](CO)CC4)s3)n2)c1. The van der Waals surface area contributed by atoms with Crippen molar-refractivity contribution in [3.05, 3.63) is 53.3 Å². The van der Waals surface area contributed by atoms with Gasteiger partial charge in [0.25, 0.3) is 0 Å². The van der Waals surface area contributed by atoms with Crippen molar-refractivity contribution in [2.24, 2.45) is 11.8 Å². The van der Waals surface area contributed by atoms with Gasteiger partial charge >= 0.3 is 0 Å². The topological polar surface area (TPSA) is 83.0 Å². The molecule has 0 aromatic carbocycles. The van der Waals surface area contributed by atoms with Crippen molar-refractivity contribution in [2.45, 2.75) is 39.2 Å². The number of nitrogens with one attached hydrogen (secondary N) is 2. The van der Waals surface area contributed by atoms with Crippen LogP contribution in [0.2, 0.25) is 0 Å². The second-order valence-corrected chi connectivity index (χ2v) is 9.19. The number of aryl methyl sites for hydroxylation is 1. The van der Waals surface area contributed by atoms with Crippen LogP contribution in [-0.4, -0.2) is 33.2 Å². The number of nitrogens with zero attached hydrogens (tertiary/aromatic N) is 3. The first-order valence-corrected chi connectivity index (χ1v) is 11.4. The van der Waals surface area contributed by atoms with Crippen molar-refractivity contribution in [1.29, 1.82) is 0 Å². The van der Waals surface area contributed by atoms with Crippen molar-refractivity contribution < 1.29 is 5.11 Å². The maximum atomic E-state index is 9.27. The summed E-state index contributed by atoms with van der Waals surface area (Å²) >= 11 is 1.68. The molecule has 7 heteroatoms. The highest BCUT2D eigenvalue weighted by molar-refractivity contribution is 7.15. The van der Waals surface area contributed by atoms with E-state index in [1.54, 1.807) is 17.5 Å². The Balaban J connectivity index is 1.31. The Bertz CT molecular complexity index is 952. The van der Waals surface area contributed by atoms with E-state index in [0.717, 1.165) is 58.7 Å². The zero-order valence-electron chi connectivity index (χ0n) is 17.3. The van der Waals surface area contributed by atoms with Crippen LogP contribution >= 0.6 is 11.3 Å². The lowest BCUT2D eigenvalue weighted by Crippen LogP contribution is -2.27. The fraction of sp³-hybridized carbons (Fsp3) is 0.435. The number of aromatic nitrogens is 3. The molecule has 3 aromatic rings. The third kappa shape index (κ3) is 5.62. The smallest absolute Gasteiger partial charge is 0.132 e. The molecular formula is C23H29N5OS. The Kier molecular flexibility index (Phi) is 7.04. The van der Waals surface area contributed by atoms with Crippen LogP contribution in [0.4, 0.5) is 11.6 Å². The zero-order chi connectivity index (χ0) is 20.8. The van der Waals surface area contributed by atoms with Crippen LogP contribution in [0.15, 0.2) is 42.7 Å². The van der Waals surface area contributed by atoms with Gasteiger partial charge < -0.3 is 15.7 Å². The molecule has 1 saturated carbocycles. The van der Waals surface area contributed by atoms with Gasteiger partial charge in [-0.15, -0.1) is 11.3 Å². The minimum absolute atomic E-state index is 0.342. The summed E-state index contributed by atoms with van der Waals surface area (Å²) in [5, 5.41) is 17.2. The molecule has 0 radical (unpaired) electrons. The third-order valence-corrected chi connectivity index (χ3v) is 6.68. The van der Waals surface area contributed by atoms with Gasteiger partial charge in [0.15, 0.2) is 0 Å². The van der Waals surface area contributed by atoms with Crippen LogP contribution in [0.1, 0.15) is 36.3 Å². The Morgan fingerprint density at radius 2 is 1.90 bits per heavy atom. The molecule has 3 N–H and O–H groups in total. The van der Waals surface area contributed by atoms with Gasteiger partial charge in [0.05, 0.1) is 10.6 Å². The molecule has 6 nitrogen and oxygen atoms in total. The monoisotopic (exact) mass is 423 g/mol. The summed E-state index contributed by atoms with van der Waals surface area (Å²) in [6.07, 6.45) is 8.42. The van der Waals surface area contributed by atoms with Gasteiger partial charge in [0.1, 0.15) is 16.6 Å². The van der Waals surface area contributed by atoms with Crippen LogP contribution < -0.4 is 10.6 Å². The summed E-state index contributed by atoms with van der Waals surface area (Å²) in [6, 6.07) is 9.94. The number of hydrogen-bond acceptors (Lipinski definition) is 7. The van der Waals surface area contributed by atoms with Crippen molar-refractivity contribution >= 4 is 23.0 Å². The van der Waals surface area contributed by atoms with Crippen molar-refractivity contribution in [3.8, 4) is 10.6 Å². The molecule has 0 spiro atoms. The van der Waals surface area contributed by atoms with Gasteiger partial charge in [-0.2, -0.15) is 0 Å². The Morgan fingerprint density at radius 3 is 2.70 bits per heavy atom. The largest absolute Gasteiger partial charge is 0.396 e. The number of thiazole rings is 1. The number of aliphatic hydroxyl groups excluding tert-OH is 1. The molecule has 3 heterocycles. The maximum Gasteiger partial charge on any atom is 0.132 e. The van der Waals surface area contributed by atoms with Crippen LogP contribution in [0.25, 0.3) is 10.6 Å². The molecule has 0 aliphatic heterocycles. The first-order chi connectivity index (χ1) is 14.7. The highest BCUT2D eigenvalue weighted by Crippen LogP contribution is 2.29. The summed E-state index contributed by atoms with van der Waals surface area (Å²) < 4.78 is 0. The Hall–Kier alpha value is -2.35. The van der Waals surface area contributed by atoms with Gasteiger partial charge in [-0.1, -0.05) is 6.07 Å². The summed E-state index contributed by atoms with van der Waals surface area (Å²) in [4.78, 5) is 14.7. The van der Waals surface area contributed by atoms with Gasteiger partial charge in [-0.25, -0.2) is 15.0 Å². The van der Waals surface area contributed by atoms with Crippen LogP contribution in [0.5, 0.6) is 0 Å². The highest BCUT2D eigenvalue weighted by atomic mass is 32.1. The first kappa shape index (κ1) is 20.9. The van der Waals surface area contributed by atoms with Crippen LogP contribution in [0, 0.1) is 18.8 Å². The van der Waals surface area contributed by atoms with E-state index in [1.807, 2.05) is 43.5 Å². The van der Waals surface area contributed by atoms with E-state index in [9.17, 15) is 5.11 Å². The Morgan fingerprint density at radius 1 is 1.07 bits per heavy atom.